The lowest BCUT2D eigenvalue weighted by Crippen LogP contribution is -2.08. The van der Waals surface area contributed by atoms with Crippen molar-refractivity contribution in [2.75, 3.05) is 0 Å². The molecular formula is C7H8ClFN2. The van der Waals surface area contributed by atoms with Crippen LogP contribution >= 0.6 is 11.6 Å². The standard InChI is InChI=1S/C7H8ClFN2/c1-4(10)6-2-5(8)3-11-7(6)9/h2-4H,10H2,1H3. The fourth-order valence-electron chi connectivity index (χ4n) is 0.758. The maximum absolute atomic E-state index is 12.8. The van der Waals surface area contributed by atoms with Crippen molar-refractivity contribution < 1.29 is 4.39 Å². The van der Waals surface area contributed by atoms with Gasteiger partial charge in [0.1, 0.15) is 0 Å². The van der Waals surface area contributed by atoms with Crippen molar-refractivity contribution in [3.63, 3.8) is 0 Å². The lowest BCUT2D eigenvalue weighted by molar-refractivity contribution is 0.553. The number of nitrogens with two attached hydrogens (primary N) is 1. The normalized spacial score (nSPS) is 13.1. The van der Waals surface area contributed by atoms with Crippen LogP contribution in [0.5, 0.6) is 0 Å². The van der Waals surface area contributed by atoms with E-state index in [0.717, 1.165) is 0 Å². The van der Waals surface area contributed by atoms with Crippen LogP contribution in [0.3, 0.4) is 0 Å². The minimum atomic E-state index is -0.551. The van der Waals surface area contributed by atoms with Crippen molar-refractivity contribution in [2.24, 2.45) is 5.73 Å². The average Bonchev–Trinajstić information content (AvgIpc) is 1.94. The zero-order valence-corrected chi connectivity index (χ0v) is 6.77. The molecule has 1 heterocycles. The van der Waals surface area contributed by atoms with E-state index in [4.69, 9.17) is 17.3 Å². The molecule has 4 heteroatoms. The molecule has 1 unspecified atom stereocenters. The van der Waals surface area contributed by atoms with Gasteiger partial charge in [-0.25, -0.2) is 4.98 Å². The molecule has 0 bridgehead atoms. The van der Waals surface area contributed by atoms with E-state index in [1.807, 2.05) is 0 Å². The second-order valence-corrected chi connectivity index (χ2v) is 2.76. The Morgan fingerprint density at radius 1 is 1.73 bits per heavy atom. The highest BCUT2D eigenvalue weighted by molar-refractivity contribution is 6.30. The number of aromatic nitrogens is 1. The molecule has 1 atom stereocenters. The van der Waals surface area contributed by atoms with Crippen LogP contribution in [0.4, 0.5) is 4.39 Å². The van der Waals surface area contributed by atoms with E-state index in [1.165, 1.54) is 12.3 Å². The summed E-state index contributed by atoms with van der Waals surface area (Å²) in [6, 6.07) is 1.11. The zero-order chi connectivity index (χ0) is 8.43. The Morgan fingerprint density at radius 2 is 2.36 bits per heavy atom. The lowest BCUT2D eigenvalue weighted by atomic mass is 10.1. The molecule has 11 heavy (non-hydrogen) atoms. The van der Waals surface area contributed by atoms with Crippen molar-refractivity contribution in [3.8, 4) is 0 Å². The van der Waals surface area contributed by atoms with E-state index in [0.29, 0.717) is 10.6 Å². The molecule has 0 saturated carbocycles. The molecule has 1 aromatic rings. The Labute approximate surface area is 69.2 Å². The van der Waals surface area contributed by atoms with Crippen LogP contribution in [0, 0.1) is 5.95 Å². The third-order valence-electron chi connectivity index (χ3n) is 1.32. The first-order chi connectivity index (χ1) is 5.11. The molecule has 0 amide bonds. The van der Waals surface area contributed by atoms with E-state index in [9.17, 15) is 4.39 Å². The minimum Gasteiger partial charge on any atom is -0.324 e. The summed E-state index contributed by atoms with van der Waals surface area (Å²) in [5.41, 5.74) is 5.79. The number of pyridine rings is 1. The third kappa shape index (κ3) is 1.88. The summed E-state index contributed by atoms with van der Waals surface area (Å²) < 4.78 is 12.8. The third-order valence-corrected chi connectivity index (χ3v) is 1.53. The van der Waals surface area contributed by atoms with Gasteiger partial charge in [0.05, 0.1) is 5.02 Å². The van der Waals surface area contributed by atoms with Crippen molar-refractivity contribution in [2.45, 2.75) is 13.0 Å². The first-order valence-electron chi connectivity index (χ1n) is 3.18. The highest BCUT2D eigenvalue weighted by Gasteiger charge is 2.07. The molecule has 1 rings (SSSR count). The molecule has 2 nitrogen and oxygen atoms in total. The van der Waals surface area contributed by atoms with E-state index >= 15 is 0 Å². The quantitative estimate of drug-likeness (QED) is 0.661. The predicted molar refractivity (Wildman–Crippen MR) is 41.8 cm³/mol. The van der Waals surface area contributed by atoms with Gasteiger partial charge in [-0.2, -0.15) is 4.39 Å². The highest BCUT2D eigenvalue weighted by Crippen LogP contribution is 2.16. The van der Waals surface area contributed by atoms with Gasteiger partial charge in [0.15, 0.2) is 0 Å². The Hall–Kier alpha value is -0.670. The van der Waals surface area contributed by atoms with Crippen molar-refractivity contribution in [3.05, 3.63) is 28.8 Å². The molecule has 0 radical (unpaired) electrons. The number of rotatable bonds is 1. The van der Waals surface area contributed by atoms with Crippen LogP contribution in [-0.2, 0) is 0 Å². The topological polar surface area (TPSA) is 38.9 Å². The molecule has 2 N–H and O–H groups in total. The maximum Gasteiger partial charge on any atom is 0.217 e. The summed E-state index contributed by atoms with van der Waals surface area (Å²) in [5, 5.41) is 0.402. The summed E-state index contributed by atoms with van der Waals surface area (Å²) >= 11 is 5.58. The van der Waals surface area contributed by atoms with Gasteiger partial charge in [-0.1, -0.05) is 11.6 Å². The molecule has 0 saturated heterocycles. The molecule has 0 aliphatic rings. The molecule has 0 aromatic carbocycles. The van der Waals surface area contributed by atoms with Crippen LogP contribution in [-0.4, -0.2) is 4.98 Å². The highest BCUT2D eigenvalue weighted by atomic mass is 35.5. The summed E-state index contributed by atoms with van der Waals surface area (Å²) in [7, 11) is 0. The predicted octanol–water partition coefficient (Wildman–Crippen LogP) is 1.89. The van der Waals surface area contributed by atoms with Crippen molar-refractivity contribution in [1.82, 2.24) is 4.98 Å². The van der Waals surface area contributed by atoms with Crippen LogP contribution in [0.2, 0.25) is 5.02 Å². The van der Waals surface area contributed by atoms with E-state index in [-0.39, 0.29) is 6.04 Å². The Kier molecular flexibility index (Phi) is 2.42. The van der Waals surface area contributed by atoms with Gasteiger partial charge in [0.2, 0.25) is 5.95 Å². The Balaban J connectivity index is 3.13. The number of hydrogen-bond donors (Lipinski definition) is 1. The summed E-state index contributed by atoms with van der Waals surface area (Å²) in [6.07, 6.45) is 1.25. The van der Waals surface area contributed by atoms with Gasteiger partial charge >= 0.3 is 0 Å². The Morgan fingerprint density at radius 3 is 2.82 bits per heavy atom. The number of nitrogens with zero attached hydrogens (tertiary/aromatic N) is 1. The van der Waals surface area contributed by atoms with E-state index in [1.54, 1.807) is 6.92 Å². The first-order valence-corrected chi connectivity index (χ1v) is 3.55. The van der Waals surface area contributed by atoms with Gasteiger partial charge in [-0.05, 0) is 13.0 Å². The van der Waals surface area contributed by atoms with E-state index in [2.05, 4.69) is 4.98 Å². The summed E-state index contributed by atoms with van der Waals surface area (Å²) in [6.45, 7) is 1.68. The second-order valence-electron chi connectivity index (χ2n) is 2.32. The number of halogens is 2. The Bertz CT molecular complexity index is 263. The van der Waals surface area contributed by atoms with E-state index < -0.39 is 5.95 Å². The fourth-order valence-corrected chi connectivity index (χ4v) is 0.924. The van der Waals surface area contributed by atoms with Crippen LogP contribution < -0.4 is 5.73 Å². The largest absolute Gasteiger partial charge is 0.324 e. The van der Waals surface area contributed by atoms with Gasteiger partial charge in [-0.3, -0.25) is 0 Å². The fraction of sp³-hybridized carbons (Fsp3) is 0.286. The molecule has 0 aliphatic heterocycles. The smallest absolute Gasteiger partial charge is 0.217 e. The van der Waals surface area contributed by atoms with Gasteiger partial charge in [0.25, 0.3) is 0 Å². The van der Waals surface area contributed by atoms with Crippen molar-refractivity contribution >= 4 is 11.6 Å². The maximum atomic E-state index is 12.8. The summed E-state index contributed by atoms with van der Waals surface area (Å²) in [4.78, 5) is 3.42. The molecule has 60 valence electrons. The van der Waals surface area contributed by atoms with Gasteiger partial charge in [-0.15, -0.1) is 0 Å². The SMILES string of the molecule is CC(N)c1cc(Cl)cnc1F. The molecule has 0 spiro atoms. The zero-order valence-electron chi connectivity index (χ0n) is 6.01. The number of hydrogen-bond acceptors (Lipinski definition) is 2. The van der Waals surface area contributed by atoms with Gasteiger partial charge in [0, 0.05) is 17.8 Å². The van der Waals surface area contributed by atoms with Gasteiger partial charge < -0.3 is 5.73 Å². The summed E-state index contributed by atoms with van der Waals surface area (Å²) in [5.74, 6) is -0.551. The molecule has 0 fully saturated rings. The van der Waals surface area contributed by atoms with Crippen LogP contribution in [0.25, 0.3) is 0 Å². The van der Waals surface area contributed by atoms with Crippen LogP contribution in [0.1, 0.15) is 18.5 Å². The average molecular weight is 175 g/mol. The molecule has 0 aliphatic carbocycles. The second kappa shape index (κ2) is 3.15. The monoisotopic (exact) mass is 174 g/mol. The molecule has 1 aromatic heterocycles. The first kappa shape index (κ1) is 8.43. The van der Waals surface area contributed by atoms with Crippen molar-refractivity contribution in [1.29, 1.82) is 0 Å². The van der Waals surface area contributed by atoms with Crippen LogP contribution in [0.15, 0.2) is 12.3 Å². The molecular weight excluding hydrogens is 167 g/mol. The minimum absolute atomic E-state index is 0.345. The lowest BCUT2D eigenvalue weighted by Gasteiger charge is -2.05.